The fourth-order valence-corrected chi connectivity index (χ4v) is 2.79. The van der Waals surface area contributed by atoms with Gasteiger partial charge in [-0.15, -0.1) is 0 Å². The van der Waals surface area contributed by atoms with E-state index >= 15 is 0 Å². The highest BCUT2D eigenvalue weighted by molar-refractivity contribution is 7.90. The summed E-state index contributed by atoms with van der Waals surface area (Å²) in [5.41, 5.74) is -0.218. The fraction of sp³-hybridized carbons (Fsp3) is 1.00. The van der Waals surface area contributed by atoms with E-state index in [2.05, 4.69) is 0 Å². The van der Waals surface area contributed by atoms with Crippen LogP contribution in [0.5, 0.6) is 0 Å². The lowest BCUT2D eigenvalue weighted by Gasteiger charge is -2.29. The Kier molecular flexibility index (Phi) is 4.14. The van der Waals surface area contributed by atoms with Crippen LogP contribution in [0, 0.1) is 5.41 Å². The molecule has 0 amide bonds. The number of ether oxygens (including phenoxy) is 1. The van der Waals surface area contributed by atoms with Gasteiger partial charge in [0.1, 0.15) is 9.84 Å². The number of aliphatic hydroxyl groups is 1. The number of hydrogen-bond acceptors (Lipinski definition) is 4. The second-order valence-corrected chi connectivity index (χ2v) is 6.78. The quantitative estimate of drug-likeness (QED) is 0.759. The maximum absolute atomic E-state index is 11.0. The highest BCUT2D eigenvalue weighted by Gasteiger charge is 2.40. The summed E-state index contributed by atoms with van der Waals surface area (Å²) >= 11 is 0. The standard InChI is InChI=1S/C10H20O4S/c1-9-10(8-11,5-6-14-9)4-3-7-15(2,12)13/h9,11H,3-8H2,1-2H3. The van der Waals surface area contributed by atoms with Crippen molar-refractivity contribution in [3.05, 3.63) is 0 Å². The van der Waals surface area contributed by atoms with Gasteiger partial charge in [-0.05, 0) is 26.2 Å². The van der Waals surface area contributed by atoms with Gasteiger partial charge in [0.15, 0.2) is 0 Å². The lowest BCUT2D eigenvalue weighted by Crippen LogP contribution is -2.33. The Balaban J connectivity index is 2.47. The zero-order valence-corrected chi connectivity index (χ0v) is 10.2. The number of rotatable bonds is 5. The Bertz CT molecular complexity index is 299. The maximum Gasteiger partial charge on any atom is 0.147 e. The number of aliphatic hydroxyl groups excluding tert-OH is 1. The van der Waals surface area contributed by atoms with Gasteiger partial charge < -0.3 is 9.84 Å². The average Bonchev–Trinajstić information content (AvgIpc) is 2.46. The van der Waals surface area contributed by atoms with Gasteiger partial charge >= 0.3 is 0 Å². The lowest BCUT2D eigenvalue weighted by molar-refractivity contribution is 0.0215. The van der Waals surface area contributed by atoms with Crippen molar-refractivity contribution in [3.8, 4) is 0 Å². The van der Waals surface area contributed by atoms with E-state index in [1.165, 1.54) is 6.26 Å². The molecule has 0 radical (unpaired) electrons. The minimum Gasteiger partial charge on any atom is -0.396 e. The second kappa shape index (κ2) is 4.80. The fourth-order valence-electron chi connectivity index (χ4n) is 2.12. The molecule has 0 spiro atoms. The van der Waals surface area contributed by atoms with Crippen LogP contribution in [0.25, 0.3) is 0 Å². The Labute approximate surface area is 91.6 Å². The van der Waals surface area contributed by atoms with E-state index in [9.17, 15) is 13.5 Å². The molecule has 1 N–H and O–H groups in total. The summed E-state index contributed by atoms with van der Waals surface area (Å²) in [6.45, 7) is 2.70. The first-order valence-corrected chi connectivity index (χ1v) is 7.36. The molecule has 0 saturated carbocycles. The first-order valence-electron chi connectivity index (χ1n) is 5.30. The summed E-state index contributed by atoms with van der Waals surface area (Å²) in [7, 11) is -2.89. The smallest absolute Gasteiger partial charge is 0.147 e. The highest BCUT2D eigenvalue weighted by atomic mass is 32.2. The molecule has 1 heterocycles. The van der Waals surface area contributed by atoms with Gasteiger partial charge in [-0.1, -0.05) is 0 Å². The Morgan fingerprint density at radius 2 is 2.20 bits per heavy atom. The molecule has 1 fully saturated rings. The molecule has 15 heavy (non-hydrogen) atoms. The van der Waals surface area contributed by atoms with Crippen molar-refractivity contribution >= 4 is 9.84 Å². The van der Waals surface area contributed by atoms with Crippen LogP contribution >= 0.6 is 0 Å². The molecule has 2 unspecified atom stereocenters. The maximum atomic E-state index is 11.0. The van der Waals surface area contributed by atoms with Gasteiger partial charge in [-0.25, -0.2) is 8.42 Å². The van der Waals surface area contributed by atoms with E-state index in [4.69, 9.17) is 4.74 Å². The van der Waals surface area contributed by atoms with Crippen molar-refractivity contribution in [2.24, 2.45) is 5.41 Å². The van der Waals surface area contributed by atoms with E-state index in [-0.39, 0.29) is 23.9 Å². The monoisotopic (exact) mass is 236 g/mol. The van der Waals surface area contributed by atoms with Crippen LogP contribution in [0.4, 0.5) is 0 Å². The molecular weight excluding hydrogens is 216 g/mol. The van der Waals surface area contributed by atoms with E-state index < -0.39 is 9.84 Å². The molecule has 1 aliphatic heterocycles. The summed E-state index contributed by atoms with van der Waals surface area (Å²) in [6, 6.07) is 0. The molecule has 5 heteroatoms. The largest absolute Gasteiger partial charge is 0.396 e. The minimum absolute atomic E-state index is 0.0297. The third-order valence-corrected chi connectivity index (χ3v) is 4.37. The van der Waals surface area contributed by atoms with E-state index in [1.54, 1.807) is 0 Å². The molecule has 1 rings (SSSR count). The van der Waals surface area contributed by atoms with Crippen molar-refractivity contribution in [2.45, 2.75) is 32.3 Å². The van der Waals surface area contributed by atoms with Crippen molar-refractivity contribution in [1.29, 1.82) is 0 Å². The van der Waals surface area contributed by atoms with Gasteiger partial charge in [0.05, 0.1) is 12.7 Å². The van der Waals surface area contributed by atoms with Crippen LogP contribution in [0.1, 0.15) is 26.2 Å². The SMILES string of the molecule is CC1OCCC1(CO)CCCS(C)(=O)=O. The highest BCUT2D eigenvalue weighted by Crippen LogP contribution is 2.38. The van der Waals surface area contributed by atoms with E-state index in [0.717, 1.165) is 12.8 Å². The normalized spacial score (nSPS) is 32.1. The molecule has 4 nitrogen and oxygen atoms in total. The van der Waals surface area contributed by atoms with Crippen LogP contribution in [-0.4, -0.2) is 44.9 Å². The molecule has 90 valence electrons. The van der Waals surface area contributed by atoms with Gasteiger partial charge in [0.25, 0.3) is 0 Å². The van der Waals surface area contributed by atoms with Gasteiger partial charge in [0, 0.05) is 24.0 Å². The average molecular weight is 236 g/mol. The van der Waals surface area contributed by atoms with Crippen LogP contribution in [0.3, 0.4) is 0 Å². The number of sulfone groups is 1. The van der Waals surface area contributed by atoms with E-state index in [1.807, 2.05) is 6.92 Å². The molecule has 0 aromatic rings. The van der Waals surface area contributed by atoms with Crippen LogP contribution in [-0.2, 0) is 14.6 Å². The van der Waals surface area contributed by atoms with Crippen molar-refractivity contribution < 1.29 is 18.3 Å². The molecule has 0 aromatic carbocycles. The van der Waals surface area contributed by atoms with Gasteiger partial charge in [-0.3, -0.25) is 0 Å². The lowest BCUT2D eigenvalue weighted by atomic mass is 9.78. The molecule has 2 atom stereocenters. The molecule has 0 aliphatic carbocycles. The van der Waals surface area contributed by atoms with Crippen LogP contribution < -0.4 is 0 Å². The predicted molar refractivity (Wildman–Crippen MR) is 58.5 cm³/mol. The van der Waals surface area contributed by atoms with Gasteiger partial charge in [0.2, 0.25) is 0 Å². The van der Waals surface area contributed by atoms with Gasteiger partial charge in [-0.2, -0.15) is 0 Å². The van der Waals surface area contributed by atoms with Crippen molar-refractivity contribution in [3.63, 3.8) is 0 Å². The zero-order valence-electron chi connectivity index (χ0n) is 9.40. The zero-order chi connectivity index (χ0) is 11.5. The summed E-state index contributed by atoms with van der Waals surface area (Å²) in [5, 5.41) is 9.39. The first kappa shape index (κ1) is 12.9. The summed E-state index contributed by atoms with van der Waals surface area (Å²) in [6.07, 6.45) is 3.42. The molecular formula is C10H20O4S. The van der Waals surface area contributed by atoms with Crippen LogP contribution in [0.15, 0.2) is 0 Å². The molecule has 1 aliphatic rings. The molecule has 0 aromatic heterocycles. The van der Waals surface area contributed by atoms with Crippen molar-refractivity contribution in [2.75, 3.05) is 25.2 Å². The minimum atomic E-state index is -2.89. The third kappa shape index (κ3) is 3.43. The van der Waals surface area contributed by atoms with Crippen molar-refractivity contribution in [1.82, 2.24) is 0 Å². The van der Waals surface area contributed by atoms with Crippen LogP contribution in [0.2, 0.25) is 0 Å². The Hall–Kier alpha value is -0.130. The molecule has 0 bridgehead atoms. The number of hydrogen-bond donors (Lipinski definition) is 1. The summed E-state index contributed by atoms with van der Waals surface area (Å²) in [5.74, 6) is 0.196. The first-order chi connectivity index (χ1) is 6.90. The molecule has 1 saturated heterocycles. The summed E-state index contributed by atoms with van der Waals surface area (Å²) < 4.78 is 27.4. The second-order valence-electron chi connectivity index (χ2n) is 4.52. The third-order valence-electron chi connectivity index (χ3n) is 3.33. The topological polar surface area (TPSA) is 63.6 Å². The van der Waals surface area contributed by atoms with E-state index in [0.29, 0.717) is 13.0 Å². The Morgan fingerprint density at radius 1 is 1.53 bits per heavy atom. The summed E-state index contributed by atoms with van der Waals surface area (Å²) in [4.78, 5) is 0. The Morgan fingerprint density at radius 3 is 2.60 bits per heavy atom. The predicted octanol–water partition coefficient (Wildman–Crippen LogP) is 0.599.